The maximum Gasteiger partial charge on any atom is 0.164 e. The summed E-state index contributed by atoms with van der Waals surface area (Å²) < 4.78 is 7.60. The zero-order valence-electron chi connectivity index (χ0n) is 9.54. The summed E-state index contributed by atoms with van der Waals surface area (Å²) in [5.41, 5.74) is 2.31. The molecule has 2 aromatic rings. The van der Waals surface area contributed by atoms with Crippen molar-refractivity contribution in [1.29, 1.82) is 0 Å². The van der Waals surface area contributed by atoms with Gasteiger partial charge in [-0.3, -0.25) is 4.68 Å². The Kier molecular flexibility index (Phi) is 2.66. The van der Waals surface area contributed by atoms with Gasteiger partial charge in [0.05, 0.1) is 19.3 Å². The van der Waals surface area contributed by atoms with Crippen molar-refractivity contribution in [3.63, 3.8) is 0 Å². The number of benzene rings is 1. The predicted octanol–water partition coefficient (Wildman–Crippen LogP) is 2.73. The number of fused-ring (bicyclic) bond motifs is 1. The smallest absolute Gasteiger partial charge is 0.164 e. The third-order valence-corrected chi connectivity index (χ3v) is 2.84. The fraction of sp³-hybridized carbons (Fsp3) is 0.214. The molecule has 17 heavy (non-hydrogen) atoms. The molecule has 0 N–H and O–H groups in total. The molecule has 86 valence electrons. The van der Waals surface area contributed by atoms with E-state index in [0.29, 0.717) is 0 Å². The molecule has 0 fully saturated rings. The zero-order valence-corrected chi connectivity index (χ0v) is 9.54. The monoisotopic (exact) mass is 226 g/mol. The molecule has 1 aromatic carbocycles. The number of aromatic nitrogens is 2. The first-order chi connectivity index (χ1) is 8.43. The van der Waals surface area contributed by atoms with E-state index in [1.165, 1.54) is 5.56 Å². The van der Waals surface area contributed by atoms with Gasteiger partial charge in [0.1, 0.15) is 5.69 Å². The second-order valence-corrected chi connectivity index (χ2v) is 4.08. The van der Waals surface area contributed by atoms with Crippen molar-refractivity contribution >= 4 is 6.08 Å². The van der Waals surface area contributed by atoms with E-state index in [2.05, 4.69) is 29.4 Å². The Morgan fingerprint density at radius 3 is 3.00 bits per heavy atom. The highest BCUT2D eigenvalue weighted by molar-refractivity contribution is 5.53. The molecule has 0 spiro atoms. The van der Waals surface area contributed by atoms with Crippen molar-refractivity contribution in [2.75, 3.05) is 6.61 Å². The summed E-state index contributed by atoms with van der Waals surface area (Å²) in [7, 11) is 0. The fourth-order valence-corrected chi connectivity index (χ4v) is 1.97. The number of nitrogens with zero attached hydrogens (tertiary/aromatic N) is 2. The lowest BCUT2D eigenvalue weighted by molar-refractivity contribution is 0.326. The van der Waals surface area contributed by atoms with E-state index in [9.17, 15) is 0 Å². The molecule has 0 saturated heterocycles. The minimum absolute atomic E-state index is 0.737. The molecule has 2 heterocycles. The molecule has 0 unspecified atom stereocenters. The van der Waals surface area contributed by atoms with Crippen LogP contribution in [0.25, 0.3) is 6.08 Å². The van der Waals surface area contributed by atoms with Gasteiger partial charge in [0.15, 0.2) is 5.75 Å². The number of hydrogen-bond acceptors (Lipinski definition) is 2. The summed E-state index contributed by atoms with van der Waals surface area (Å²) in [5.74, 6) is 0.884. The summed E-state index contributed by atoms with van der Waals surface area (Å²) >= 11 is 0. The number of ether oxygens (including phenoxy) is 1. The minimum atomic E-state index is 0.737. The summed E-state index contributed by atoms with van der Waals surface area (Å²) in [6.45, 7) is 1.52. The molecule has 3 nitrogen and oxygen atoms in total. The van der Waals surface area contributed by atoms with Gasteiger partial charge in [0.2, 0.25) is 0 Å². The molecular weight excluding hydrogens is 212 g/mol. The summed E-state index contributed by atoms with van der Waals surface area (Å²) in [6.07, 6.45) is 6.99. The molecule has 0 bridgehead atoms. The third kappa shape index (κ3) is 2.09. The number of hydrogen-bond donors (Lipinski definition) is 0. The van der Waals surface area contributed by atoms with Crippen LogP contribution in [0.5, 0.6) is 5.75 Å². The van der Waals surface area contributed by atoms with Gasteiger partial charge in [-0.1, -0.05) is 36.4 Å². The van der Waals surface area contributed by atoms with E-state index in [1.807, 2.05) is 22.9 Å². The fourth-order valence-electron chi connectivity index (χ4n) is 1.97. The van der Waals surface area contributed by atoms with E-state index in [0.717, 1.165) is 31.0 Å². The molecule has 0 atom stereocenters. The van der Waals surface area contributed by atoms with Gasteiger partial charge in [-0.2, -0.15) is 5.10 Å². The lowest BCUT2D eigenvalue weighted by Crippen LogP contribution is -2.03. The Labute approximate surface area is 100 Å². The van der Waals surface area contributed by atoms with Crippen LogP contribution in [-0.4, -0.2) is 16.4 Å². The lowest BCUT2D eigenvalue weighted by Gasteiger charge is -2.05. The zero-order chi connectivity index (χ0) is 11.5. The van der Waals surface area contributed by atoms with Gasteiger partial charge in [-0.15, -0.1) is 0 Å². The van der Waals surface area contributed by atoms with Crippen LogP contribution in [0.4, 0.5) is 0 Å². The van der Waals surface area contributed by atoms with Crippen molar-refractivity contribution < 1.29 is 4.74 Å². The molecule has 1 aliphatic rings. The Hall–Kier alpha value is -2.03. The summed E-state index contributed by atoms with van der Waals surface area (Å²) in [6, 6.07) is 10.3. The molecule has 3 heteroatoms. The van der Waals surface area contributed by atoms with Gasteiger partial charge in [0, 0.05) is 0 Å². The highest BCUT2D eigenvalue weighted by Crippen LogP contribution is 2.23. The second-order valence-electron chi connectivity index (χ2n) is 4.08. The van der Waals surface area contributed by atoms with Crippen LogP contribution in [0.15, 0.2) is 42.6 Å². The Bertz CT molecular complexity index is 528. The van der Waals surface area contributed by atoms with Crippen LogP contribution in [0.1, 0.15) is 17.7 Å². The van der Waals surface area contributed by atoms with Crippen LogP contribution in [0.3, 0.4) is 0 Å². The third-order valence-electron chi connectivity index (χ3n) is 2.84. The van der Waals surface area contributed by atoms with Gasteiger partial charge in [-0.05, 0) is 18.1 Å². The maximum atomic E-state index is 5.62. The van der Waals surface area contributed by atoms with Gasteiger partial charge in [-0.25, -0.2) is 0 Å². The highest BCUT2D eigenvalue weighted by atomic mass is 16.5. The predicted molar refractivity (Wildman–Crippen MR) is 66.9 cm³/mol. The van der Waals surface area contributed by atoms with Crippen molar-refractivity contribution in [2.45, 2.75) is 13.0 Å². The molecule has 0 saturated carbocycles. The summed E-state index contributed by atoms with van der Waals surface area (Å²) in [5, 5.41) is 4.38. The van der Waals surface area contributed by atoms with Crippen molar-refractivity contribution in [1.82, 2.24) is 9.78 Å². The molecular formula is C14H14N2O. The first-order valence-corrected chi connectivity index (χ1v) is 5.82. The Balaban J connectivity index is 1.91. The van der Waals surface area contributed by atoms with Gasteiger partial charge >= 0.3 is 0 Å². The molecule has 0 amide bonds. The summed E-state index contributed by atoms with van der Waals surface area (Å²) in [4.78, 5) is 0. The average Bonchev–Trinajstić information content (AvgIpc) is 2.61. The first kappa shape index (κ1) is 10.1. The molecule has 0 aliphatic carbocycles. The van der Waals surface area contributed by atoms with E-state index in [1.54, 1.807) is 6.20 Å². The van der Waals surface area contributed by atoms with E-state index < -0.39 is 0 Å². The minimum Gasteiger partial charge on any atom is -0.489 e. The molecule has 1 aliphatic heterocycles. The van der Waals surface area contributed by atoms with Gasteiger partial charge < -0.3 is 4.74 Å². The molecule has 3 rings (SSSR count). The van der Waals surface area contributed by atoms with E-state index in [4.69, 9.17) is 4.74 Å². The van der Waals surface area contributed by atoms with Crippen LogP contribution in [0.2, 0.25) is 0 Å². The Morgan fingerprint density at radius 2 is 2.12 bits per heavy atom. The van der Waals surface area contributed by atoms with E-state index in [-0.39, 0.29) is 0 Å². The maximum absolute atomic E-state index is 5.62. The lowest BCUT2D eigenvalue weighted by atomic mass is 10.2. The molecule has 0 radical (unpaired) electrons. The molecule has 1 aromatic heterocycles. The van der Waals surface area contributed by atoms with Gasteiger partial charge in [0.25, 0.3) is 0 Å². The standard InChI is InChI=1S/C14H14N2O/c1-2-6-12(7-3-1)11-16-13-8-4-5-9-17-14(13)10-15-16/h1-4,6-8,10H,5,9,11H2. The van der Waals surface area contributed by atoms with Crippen molar-refractivity contribution in [3.8, 4) is 5.75 Å². The average molecular weight is 226 g/mol. The largest absolute Gasteiger partial charge is 0.489 e. The Morgan fingerprint density at radius 1 is 1.24 bits per heavy atom. The quantitative estimate of drug-likeness (QED) is 0.787. The number of rotatable bonds is 2. The first-order valence-electron chi connectivity index (χ1n) is 5.82. The normalized spacial score (nSPS) is 13.9. The van der Waals surface area contributed by atoms with E-state index >= 15 is 0 Å². The van der Waals surface area contributed by atoms with Crippen LogP contribution in [-0.2, 0) is 6.54 Å². The van der Waals surface area contributed by atoms with Crippen LogP contribution in [0, 0.1) is 0 Å². The van der Waals surface area contributed by atoms with Crippen molar-refractivity contribution in [2.24, 2.45) is 0 Å². The van der Waals surface area contributed by atoms with Crippen LogP contribution >= 0.6 is 0 Å². The second kappa shape index (κ2) is 4.45. The highest BCUT2D eigenvalue weighted by Gasteiger charge is 2.11. The van der Waals surface area contributed by atoms with Crippen LogP contribution < -0.4 is 4.74 Å². The topological polar surface area (TPSA) is 27.1 Å². The SMILES string of the molecule is C1=Cc2c(cnn2Cc2ccccc2)OCC1. The van der Waals surface area contributed by atoms with Crippen molar-refractivity contribution in [3.05, 3.63) is 53.9 Å².